The summed E-state index contributed by atoms with van der Waals surface area (Å²) in [5.74, 6) is 0. The fourth-order valence-corrected chi connectivity index (χ4v) is 0.774. The average Bonchev–Trinajstić information content (AvgIpc) is 1.85. The summed E-state index contributed by atoms with van der Waals surface area (Å²) in [6.07, 6.45) is 0.217. The van der Waals surface area contributed by atoms with Gasteiger partial charge in [0.1, 0.15) is 0 Å². The van der Waals surface area contributed by atoms with Gasteiger partial charge in [-0.1, -0.05) is 6.92 Å². The van der Waals surface area contributed by atoms with E-state index < -0.39 is 12.3 Å². The van der Waals surface area contributed by atoms with Crippen LogP contribution in [-0.2, 0) is 0 Å². The lowest BCUT2D eigenvalue weighted by Crippen LogP contribution is -2.43. The van der Waals surface area contributed by atoms with Gasteiger partial charge in [0.25, 0.3) is 0 Å². The number of hydrogen-bond donors (Lipinski definition) is 4. The highest BCUT2D eigenvalue weighted by atomic mass is 16.3. The van der Waals surface area contributed by atoms with E-state index >= 15 is 0 Å². The number of aliphatic hydroxyl groups excluding tert-OH is 1. The van der Waals surface area contributed by atoms with Crippen LogP contribution in [0, 0.1) is 0 Å². The molecule has 0 aromatic heterocycles. The molecule has 0 saturated heterocycles. The van der Waals surface area contributed by atoms with Crippen LogP contribution in [0.25, 0.3) is 0 Å². The molecule has 0 spiro atoms. The maximum atomic E-state index is 9.14. The molecule has 0 fully saturated rings. The molecule has 0 aliphatic carbocycles. The summed E-state index contributed by atoms with van der Waals surface area (Å²) >= 11 is 0. The third-order valence-corrected chi connectivity index (χ3v) is 1.46. The Kier molecular flexibility index (Phi) is 4.55. The van der Waals surface area contributed by atoms with Crippen molar-refractivity contribution in [2.45, 2.75) is 38.1 Å². The molecule has 0 radical (unpaired) electrons. The van der Waals surface area contributed by atoms with Gasteiger partial charge in [0, 0.05) is 6.04 Å². The van der Waals surface area contributed by atoms with Crippen LogP contribution in [0.15, 0.2) is 0 Å². The van der Waals surface area contributed by atoms with Gasteiger partial charge in [-0.25, -0.2) is 0 Å². The van der Waals surface area contributed by atoms with Crippen LogP contribution < -0.4 is 17.2 Å². The molecule has 2 atom stereocenters. The Labute approximate surface area is 61.4 Å². The minimum Gasteiger partial charge on any atom is -0.392 e. The predicted octanol–water partition coefficient (Wildman–Crippen LogP) is -1.28. The highest BCUT2D eigenvalue weighted by molar-refractivity contribution is 4.73. The van der Waals surface area contributed by atoms with Crippen LogP contribution >= 0.6 is 0 Å². The highest BCUT2D eigenvalue weighted by Gasteiger charge is 2.13. The summed E-state index contributed by atoms with van der Waals surface area (Å²) in [5, 5.41) is 9.14. The first-order valence-corrected chi connectivity index (χ1v) is 3.52. The van der Waals surface area contributed by atoms with Crippen molar-refractivity contribution in [1.82, 2.24) is 0 Å². The zero-order chi connectivity index (χ0) is 8.15. The number of nitrogens with two attached hydrogens (primary N) is 3. The van der Waals surface area contributed by atoms with Gasteiger partial charge in [-0.3, -0.25) is 0 Å². The SMILES string of the molecule is CCC(O)C(N)CC(N)N. The zero-order valence-electron chi connectivity index (χ0n) is 6.33. The second-order valence-corrected chi connectivity index (χ2v) is 2.54. The topological polar surface area (TPSA) is 98.3 Å². The Hall–Kier alpha value is -0.160. The summed E-state index contributed by atoms with van der Waals surface area (Å²) in [6, 6.07) is -0.287. The zero-order valence-corrected chi connectivity index (χ0v) is 6.33. The largest absolute Gasteiger partial charge is 0.392 e. The predicted molar refractivity (Wildman–Crippen MR) is 41.1 cm³/mol. The molecule has 0 rings (SSSR count). The fourth-order valence-electron chi connectivity index (χ4n) is 0.774. The molecule has 0 aromatic carbocycles. The summed E-state index contributed by atoms with van der Waals surface area (Å²) in [7, 11) is 0. The molecular weight excluding hydrogens is 130 g/mol. The highest BCUT2D eigenvalue weighted by Crippen LogP contribution is 1.99. The maximum absolute atomic E-state index is 9.14. The van der Waals surface area contributed by atoms with Crippen molar-refractivity contribution in [3.8, 4) is 0 Å². The third kappa shape index (κ3) is 3.79. The lowest BCUT2D eigenvalue weighted by Gasteiger charge is -2.18. The van der Waals surface area contributed by atoms with E-state index in [2.05, 4.69) is 0 Å². The minimum absolute atomic E-state index is 0.287. The van der Waals surface area contributed by atoms with E-state index in [9.17, 15) is 0 Å². The molecule has 0 heterocycles. The summed E-state index contributed by atoms with van der Waals surface area (Å²) in [4.78, 5) is 0. The molecule has 4 heteroatoms. The van der Waals surface area contributed by atoms with Crippen LogP contribution in [0.5, 0.6) is 0 Å². The maximum Gasteiger partial charge on any atom is 0.0689 e. The van der Waals surface area contributed by atoms with Gasteiger partial charge in [0.05, 0.1) is 12.3 Å². The van der Waals surface area contributed by atoms with Crippen molar-refractivity contribution >= 4 is 0 Å². The normalized spacial score (nSPS) is 17.4. The molecule has 0 saturated carbocycles. The van der Waals surface area contributed by atoms with Gasteiger partial charge in [-0.2, -0.15) is 0 Å². The van der Waals surface area contributed by atoms with E-state index in [4.69, 9.17) is 22.3 Å². The van der Waals surface area contributed by atoms with E-state index in [1.54, 1.807) is 0 Å². The second-order valence-electron chi connectivity index (χ2n) is 2.54. The summed E-state index contributed by atoms with van der Waals surface area (Å²) < 4.78 is 0. The monoisotopic (exact) mass is 147 g/mol. The Balaban J connectivity index is 3.50. The molecule has 2 unspecified atom stereocenters. The molecule has 0 aliphatic heterocycles. The standard InChI is InChI=1S/C6H17N3O/c1-2-5(10)4(7)3-6(8)9/h4-6,10H,2-3,7-9H2,1H3. The van der Waals surface area contributed by atoms with Gasteiger partial charge in [0.2, 0.25) is 0 Å². The van der Waals surface area contributed by atoms with Crippen molar-refractivity contribution in [3.05, 3.63) is 0 Å². The van der Waals surface area contributed by atoms with Crippen molar-refractivity contribution in [2.75, 3.05) is 0 Å². The van der Waals surface area contributed by atoms with Gasteiger partial charge >= 0.3 is 0 Å². The number of aliphatic hydroxyl groups is 1. The first-order chi connectivity index (χ1) is 4.57. The first kappa shape index (κ1) is 9.84. The van der Waals surface area contributed by atoms with Gasteiger partial charge in [-0.15, -0.1) is 0 Å². The van der Waals surface area contributed by atoms with Gasteiger partial charge in [-0.05, 0) is 12.8 Å². The van der Waals surface area contributed by atoms with E-state index in [0.717, 1.165) is 0 Å². The van der Waals surface area contributed by atoms with E-state index in [-0.39, 0.29) is 6.04 Å². The smallest absolute Gasteiger partial charge is 0.0689 e. The summed E-state index contributed by atoms with van der Waals surface area (Å²) in [5.41, 5.74) is 16.1. The molecule has 0 aliphatic rings. The van der Waals surface area contributed by atoms with Crippen LogP contribution in [-0.4, -0.2) is 23.4 Å². The first-order valence-electron chi connectivity index (χ1n) is 3.52. The van der Waals surface area contributed by atoms with Crippen LogP contribution in [0.1, 0.15) is 19.8 Å². The molecule has 0 bridgehead atoms. The molecule has 0 amide bonds. The van der Waals surface area contributed by atoms with Crippen molar-refractivity contribution in [3.63, 3.8) is 0 Å². The lowest BCUT2D eigenvalue weighted by atomic mass is 10.1. The summed E-state index contributed by atoms with van der Waals surface area (Å²) in [6.45, 7) is 1.87. The van der Waals surface area contributed by atoms with Crippen LogP contribution in [0.3, 0.4) is 0 Å². The molecular formula is C6H17N3O. The fraction of sp³-hybridized carbons (Fsp3) is 1.00. The quantitative estimate of drug-likeness (QED) is 0.372. The van der Waals surface area contributed by atoms with Crippen LogP contribution in [0.2, 0.25) is 0 Å². The molecule has 0 aromatic rings. The lowest BCUT2D eigenvalue weighted by molar-refractivity contribution is 0.133. The van der Waals surface area contributed by atoms with Crippen molar-refractivity contribution in [1.29, 1.82) is 0 Å². The van der Waals surface area contributed by atoms with E-state index in [0.29, 0.717) is 12.8 Å². The van der Waals surface area contributed by atoms with Crippen molar-refractivity contribution in [2.24, 2.45) is 17.2 Å². The second kappa shape index (κ2) is 4.62. The van der Waals surface area contributed by atoms with Gasteiger partial charge < -0.3 is 22.3 Å². The number of hydrogen-bond acceptors (Lipinski definition) is 4. The van der Waals surface area contributed by atoms with Crippen LogP contribution in [0.4, 0.5) is 0 Å². The van der Waals surface area contributed by atoms with Crippen molar-refractivity contribution < 1.29 is 5.11 Å². The Morgan fingerprint density at radius 2 is 1.80 bits per heavy atom. The molecule has 7 N–H and O–H groups in total. The third-order valence-electron chi connectivity index (χ3n) is 1.46. The Morgan fingerprint density at radius 1 is 1.30 bits per heavy atom. The number of rotatable bonds is 4. The van der Waals surface area contributed by atoms with Gasteiger partial charge in [0.15, 0.2) is 0 Å². The molecule has 4 nitrogen and oxygen atoms in total. The Bertz CT molecular complexity index is 87.1. The minimum atomic E-state index is -0.477. The average molecular weight is 147 g/mol. The van der Waals surface area contributed by atoms with E-state index in [1.807, 2.05) is 6.92 Å². The molecule has 10 heavy (non-hydrogen) atoms. The van der Waals surface area contributed by atoms with E-state index in [1.165, 1.54) is 0 Å². The Morgan fingerprint density at radius 3 is 2.10 bits per heavy atom. The molecule has 62 valence electrons.